The number of hydrogen-bond donors (Lipinski definition) is 0. The molecule has 0 atom stereocenters. The number of benzene rings is 2. The molecule has 0 bridgehead atoms. The van der Waals surface area contributed by atoms with Gasteiger partial charge >= 0.3 is 7.60 Å². The number of nitrogens with zero attached hydrogens (tertiary/aromatic N) is 2. The molecule has 0 unspecified atom stereocenters. The van der Waals surface area contributed by atoms with Crippen molar-refractivity contribution in [3.05, 3.63) is 42.0 Å². The van der Waals surface area contributed by atoms with Gasteiger partial charge < -0.3 is 23.3 Å². The molecule has 1 heterocycles. The van der Waals surface area contributed by atoms with E-state index in [0.717, 1.165) is 11.1 Å². The van der Waals surface area contributed by atoms with Crippen molar-refractivity contribution in [1.82, 2.24) is 9.97 Å². The van der Waals surface area contributed by atoms with Crippen LogP contribution in [0.15, 0.2) is 36.4 Å². The predicted octanol–water partition coefficient (Wildman–Crippen LogP) is 5.87. The Labute approximate surface area is 194 Å². The van der Waals surface area contributed by atoms with Crippen molar-refractivity contribution in [3.8, 4) is 28.8 Å². The average Bonchev–Trinajstić information content (AvgIpc) is 2.76. The molecule has 8 nitrogen and oxygen atoms in total. The molecule has 3 rings (SSSR count). The van der Waals surface area contributed by atoms with Gasteiger partial charge in [-0.2, -0.15) is 4.98 Å². The summed E-state index contributed by atoms with van der Waals surface area (Å²) in [7, 11) is 1.43. The van der Waals surface area contributed by atoms with E-state index in [0.29, 0.717) is 34.1 Å². The van der Waals surface area contributed by atoms with Crippen LogP contribution in [0.4, 0.5) is 0 Å². The monoisotopic (exact) mass is 474 g/mol. The highest BCUT2D eigenvalue weighted by Crippen LogP contribution is 2.53. The highest BCUT2D eigenvalue weighted by Gasteiger charge is 2.28. The van der Waals surface area contributed by atoms with Crippen LogP contribution >= 0.6 is 7.60 Å². The van der Waals surface area contributed by atoms with Gasteiger partial charge in [-0.15, -0.1) is 0 Å². The zero-order valence-electron chi connectivity index (χ0n) is 20.1. The third-order valence-corrected chi connectivity index (χ3v) is 6.93. The highest BCUT2D eigenvalue weighted by atomic mass is 31.2. The number of rotatable bonds is 10. The van der Waals surface area contributed by atoms with E-state index in [2.05, 4.69) is 4.98 Å². The summed E-state index contributed by atoms with van der Waals surface area (Å²) >= 11 is 0. The SMILES string of the molecule is COc1cc2nc(-c3ccc(CP(=O)(OC(C)C)OC(C)C)cc3)nc(OC)c2cc1OC. The number of aromatic nitrogens is 2. The third kappa shape index (κ3) is 6.02. The molecule has 1 aromatic heterocycles. The van der Waals surface area contributed by atoms with Gasteiger partial charge in [0.2, 0.25) is 5.88 Å². The second kappa shape index (κ2) is 10.5. The lowest BCUT2D eigenvalue weighted by Gasteiger charge is -2.23. The largest absolute Gasteiger partial charge is 0.493 e. The molecule has 33 heavy (non-hydrogen) atoms. The molecule has 3 aromatic rings. The Morgan fingerprint density at radius 2 is 1.39 bits per heavy atom. The second-order valence-electron chi connectivity index (χ2n) is 8.06. The van der Waals surface area contributed by atoms with Crippen LogP contribution in [0.2, 0.25) is 0 Å². The van der Waals surface area contributed by atoms with E-state index < -0.39 is 7.60 Å². The van der Waals surface area contributed by atoms with Crippen LogP contribution in [0.5, 0.6) is 17.4 Å². The van der Waals surface area contributed by atoms with E-state index in [1.54, 1.807) is 33.5 Å². The molecule has 0 saturated carbocycles. The molecule has 178 valence electrons. The van der Waals surface area contributed by atoms with Crippen molar-refractivity contribution in [3.63, 3.8) is 0 Å². The van der Waals surface area contributed by atoms with E-state index in [9.17, 15) is 4.57 Å². The Morgan fingerprint density at radius 1 is 0.818 bits per heavy atom. The van der Waals surface area contributed by atoms with Crippen LogP contribution in [0.1, 0.15) is 33.3 Å². The molecule has 0 aliphatic carbocycles. The Hall–Kier alpha value is -2.67. The summed E-state index contributed by atoms with van der Waals surface area (Å²) in [5.41, 5.74) is 2.29. The quantitative estimate of drug-likeness (QED) is 0.337. The van der Waals surface area contributed by atoms with Crippen LogP contribution in [0.25, 0.3) is 22.3 Å². The van der Waals surface area contributed by atoms with Crippen LogP contribution in [-0.4, -0.2) is 43.5 Å². The van der Waals surface area contributed by atoms with Crippen molar-refractivity contribution in [2.24, 2.45) is 0 Å². The first-order chi connectivity index (χ1) is 15.7. The lowest BCUT2D eigenvalue weighted by molar-refractivity contribution is 0.141. The van der Waals surface area contributed by atoms with Crippen molar-refractivity contribution >= 4 is 18.5 Å². The van der Waals surface area contributed by atoms with Gasteiger partial charge in [-0.25, -0.2) is 4.98 Å². The minimum atomic E-state index is -3.28. The van der Waals surface area contributed by atoms with Gasteiger partial charge in [0.1, 0.15) is 0 Å². The molecular weight excluding hydrogens is 443 g/mol. The molecule has 2 aromatic carbocycles. The Balaban J connectivity index is 1.95. The molecule has 0 saturated heterocycles. The standard InChI is InChI=1S/C24H31N2O6P/c1-15(2)31-33(27,32-16(3)4)14-17-8-10-18(11-9-17)23-25-20-13-22(29-6)21(28-5)12-19(20)24(26-23)30-7/h8-13,15-16H,14H2,1-7H3. The van der Waals surface area contributed by atoms with E-state index in [-0.39, 0.29) is 18.4 Å². The maximum atomic E-state index is 13.2. The zero-order valence-corrected chi connectivity index (χ0v) is 21.0. The number of fused-ring (bicyclic) bond motifs is 1. The van der Waals surface area contributed by atoms with Crippen LogP contribution in [0, 0.1) is 0 Å². The molecule has 0 amide bonds. The number of methoxy groups -OCH3 is 3. The van der Waals surface area contributed by atoms with Gasteiger partial charge in [0, 0.05) is 11.6 Å². The zero-order chi connectivity index (χ0) is 24.2. The van der Waals surface area contributed by atoms with Gasteiger partial charge in [-0.1, -0.05) is 24.3 Å². The molecule has 0 aliphatic rings. The summed E-state index contributed by atoms with van der Waals surface area (Å²) in [6.45, 7) is 7.37. The van der Waals surface area contributed by atoms with E-state index >= 15 is 0 Å². The topological polar surface area (TPSA) is 89.0 Å². The molecule has 0 fully saturated rings. The summed E-state index contributed by atoms with van der Waals surface area (Å²) in [5, 5.41) is 0.716. The molecule has 9 heteroatoms. The first-order valence-electron chi connectivity index (χ1n) is 10.7. The summed E-state index contributed by atoms with van der Waals surface area (Å²) < 4.78 is 40.8. The first-order valence-corrected chi connectivity index (χ1v) is 12.4. The molecule has 0 N–H and O–H groups in total. The summed E-state index contributed by atoms with van der Waals surface area (Å²) in [6, 6.07) is 11.1. The van der Waals surface area contributed by atoms with E-state index in [1.165, 1.54) is 0 Å². The summed E-state index contributed by atoms with van der Waals surface area (Å²) in [6.07, 6.45) is -0.228. The predicted molar refractivity (Wildman–Crippen MR) is 128 cm³/mol. The normalized spacial score (nSPS) is 11.9. The molecular formula is C24H31N2O6P. The fraction of sp³-hybridized carbons (Fsp3) is 0.417. The fourth-order valence-corrected chi connectivity index (χ4v) is 5.58. The van der Waals surface area contributed by atoms with E-state index in [1.807, 2.05) is 52.0 Å². The van der Waals surface area contributed by atoms with Gasteiger partial charge in [0.15, 0.2) is 17.3 Å². The van der Waals surface area contributed by atoms with Crippen molar-refractivity contribution in [2.45, 2.75) is 46.1 Å². The highest BCUT2D eigenvalue weighted by molar-refractivity contribution is 7.53. The first kappa shape index (κ1) is 25.0. The van der Waals surface area contributed by atoms with Crippen molar-refractivity contribution in [2.75, 3.05) is 21.3 Å². The van der Waals surface area contributed by atoms with Crippen LogP contribution in [-0.2, 0) is 19.8 Å². The van der Waals surface area contributed by atoms with Crippen molar-refractivity contribution < 1.29 is 27.8 Å². The summed E-state index contributed by atoms with van der Waals surface area (Å²) in [4.78, 5) is 9.26. The maximum Gasteiger partial charge on any atom is 0.335 e. The number of hydrogen-bond acceptors (Lipinski definition) is 8. The maximum absolute atomic E-state index is 13.2. The smallest absolute Gasteiger partial charge is 0.335 e. The average molecular weight is 474 g/mol. The lowest BCUT2D eigenvalue weighted by atomic mass is 10.1. The second-order valence-corrected chi connectivity index (χ2v) is 10.0. The van der Waals surface area contributed by atoms with Gasteiger partial charge in [-0.05, 0) is 39.3 Å². The summed E-state index contributed by atoms with van der Waals surface area (Å²) in [5.74, 6) is 2.07. The molecule has 0 radical (unpaired) electrons. The van der Waals surface area contributed by atoms with Crippen LogP contribution in [0.3, 0.4) is 0 Å². The third-order valence-electron chi connectivity index (χ3n) is 4.69. The Bertz CT molecular complexity index is 1130. The van der Waals surface area contributed by atoms with E-state index in [4.69, 9.17) is 28.2 Å². The van der Waals surface area contributed by atoms with Gasteiger partial charge in [0.25, 0.3) is 0 Å². The fourth-order valence-electron chi connectivity index (χ4n) is 3.44. The Kier molecular flexibility index (Phi) is 7.95. The number of ether oxygens (including phenoxy) is 3. The van der Waals surface area contributed by atoms with Gasteiger partial charge in [-0.3, -0.25) is 4.57 Å². The molecule has 0 aliphatic heterocycles. The lowest BCUT2D eigenvalue weighted by Crippen LogP contribution is -2.09. The van der Waals surface area contributed by atoms with Crippen molar-refractivity contribution in [1.29, 1.82) is 0 Å². The Morgan fingerprint density at radius 3 is 1.91 bits per heavy atom. The minimum Gasteiger partial charge on any atom is -0.493 e. The molecule has 0 spiro atoms. The van der Waals surface area contributed by atoms with Gasteiger partial charge in [0.05, 0.1) is 50.6 Å². The minimum absolute atomic E-state index is 0.183. The van der Waals surface area contributed by atoms with Crippen LogP contribution < -0.4 is 14.2 Å².